The Morgan fingerprint density at radius 3 is 2.59 bits per heavy atom. The van der Waals surface area contributed by atoms with Gasteiger partial charge >= 0.3 is 0 Å². The summed E-state index contributed by atoms with van der Waals surface area (Å²) in [6.07, 6.45) is 8.64. The third-order valence-electron chi connectivity index (χ3n) is 5.63. The number of rotatable bonds is 3. The van der Waals surface area contributed by atoms with E-state index in [4.69, 9.17) is 0 Å². The van der Waals surface area contributed by atoms with Crippen LogP contribution < -0.4 is 5.32 Å². The summed E-state index contributed by atoms with van der Waals surface area (Å²) in [4.78, 5) is 2.68. The highest BCUT2D eigenvalue weighted by Gasteiger charge is 2.26. The average Bonchev–Trinajstić information content (AvgIpc) is 3.07. The summed E-state index contributed by atoms with van der Waals surface area (Å²) in [5.74, 6) is 0. The first kappa shape index (κ1) is 18.2. The molecule has 0 atom stereocenters. The number of benzene rings is 2. The van der Waals surface area contributed by atoms with E-state index in [0.29, 0.717) is 4.90 Å². The van der Waals surface area contributed by atoms with Gasteiger partial charge in [-0.25, -0.2) is 12.4 Å². The summed E-state index contributed by atoms with van der Waals surface area (Å²) in [5.41, 5.74) is 2.82. The second-order valence-corrected chi connectivity index (χ2v) is 9.14. The van der Waals surface area contributed by atoms with Gasteiger partial charge in [0, 0.05) is 49.0 Å². The van der Waals surface area contributed by atoms with Gasteiger partial charge in [0.1, 0.15) is 0 Å². The molecule has 1 aliphatic heterocycles. The molecule has 5 nitrogen and oxygen atoms in total. The number of nitrogens with one attached hydrogen (secondary N) is 1. The molecule has 2 aromatic carbocycles. The number of nitrogens with zero attached hydrogens (tertiary/aromatic N) is 2. The van der Waals surface area contributed by atoms with Crippen LogP contribution >= 0.6 is 0 Å². The molecular weight excluding hydrogens is 382 g/mol. The molecule has 3 aromatic rings. The highest BCUT2D eigenvalue weighted by molar-refractivity contribution is 7.90. The molecule has 1 fully saturated rings. The first-order valence-corrected chi connectivity index (χ1v) is 11.4. The van der Waals surface area contributed by atoms with Crippen LogP contribution in [-0.2, 0) is 10.0 Å². The molecular formula is C23H23N3O2S. The van der Waals surface area contributed by atoms with Crippen molar-refractivity contribution in [2.24, 2.45) is 0 Å². The van der Waals surface area contributed by atoms with Gasteiger partial charge in [0.15, 0.2) is 0 Å². The third-order valence-corrected chi connectivity index (χ3v) is 7.38. The van der Waals surface area contributed by atoms with E-state index in [-0.39, 0.29) is 0 Å². The van der Waals surface area contributed by atoms with E-state index in [1.165, 1.54) is 3.97 Å². The lowest BCUT2D eigenvalue weighted by Gasteiger charge is -2.31. The van der Waals surface area contributed by atoms with Crippen molar-refractivity contribution in [3.8, 4) is 0 Å². The Balaban J connectivity index is 1.64. The van der Waals surface area contributed by atoms with E-state index in [1.807, 2.05) is 48.6 Å². The Bertz CT molecular complexity index is 1230. The van der Waals surface area contributed by atoms with E-state index in [2.05, 4.69) is 16.3 Å². The van der Waals surface area contributed by atoms with E-state index in [0.717, 1.165) is 60.3 Å². The van der Waals surface area contributed by atoms with Crippen LogP contribution in [-0.4, -0.2) is 43.5 Å². The standard InChI is InChI=1S/C23H23N3O2S/c27-29(28,23-11-5-7-18-6-1-2-8-19(18)23)26-15-12-20-21(9-3-4-10-22(20)26)25-16-13-24-14-17-25/h1-2,4-12,15,24H,3,13-14,16-17H2. The molecule has 5 rings (SSSR count). The molecule has 2 aliphatic rings. The molecule has 1 N–H and O–H groups in total. The van der Waals surface area contributed by atoms with Crippen LogP contribution in [0.25, 0.3) is 22.5 Å². The smallest absolute Gasteiger partial charge is 0.268 e. The van der Waals surface area contributed by atoms with Crippen LogP contribution in [0.2, 0.25) is 0 Å². The van der Waals surface area contributed by atoms with Gasteiger partial charge in [-0.2, -0.15) is 0 Å². The minimum absolute atomic E-state index is 0.333. The van der Waals surface area contributed by atoms with Gasteiger partial charge in [0.05, 0.1) is 10.6 Å². The maximum absolute atomic E-state index is 13.7. The van der Waals surface area contributed by atoms with Crippen molar-refractivity contribution in [1.29, 1.82) is 0 Å². The number of allylic oxidation sites excluding steroid dienone is 2. The predicted octanol–water partition coefficient (Wildman–Crippen LogP) is 3.54. The Hall–Kier alpha value is -2.83. The molecule has 6 heteroatoms. The number of aromatic nitrogens is 1. The second-order valence-electron chi connectivity index (χ2n) is 7.36. The molecule has 0 radical (unpaired) electrons. The number of piperazine rings is 1. The number of hydrogen-bond donors (Lipinski definition) is 1. The second kappa shape index (κ2) is 7.21. The van der Waals surface area contributed by atoms with Gasteiger partial charge < -0.3 is 10.2 Å². The van der Waals surface area contributed by atoms with E-state index < -0.39 is 10.0 Å². The molecule has 1 aromatic heterocycles. The summed E-state index contributed by atoms with van der Waals surface area (Å²) in [7, 11) is -3.73. The summed E-state index contributed by atoms with van der Waals surface area (Å²) in [6.45, 7) is 3.73. The topological polar surface area (TPSA) is 54.3 Å². The van der Waals surface area contributed by atoms with Gasteiger partial charge in [-0.15, -0.1) is 0 Å². The molecule has 0 bridgehead atoms. The molecule has 148 valence electrons. The van der Waals surface area contributed by atoms with E-state index in [9.17, 15) is 8.42 Å². The Morgan fingerprint density at radius 2 is 1.72 bits per heavy atom. The SMILES string of the molecule is O=S(=O)(c1cccc2ccccc12)n1ccc2c1C=CCC=C2N1CCNCC1. The largest absolute Gasteiger partial charge is 0.369 e. The Kier molecular flexibility index (Phi) is 4.53. The first-order chi connectivity index (χ1) is 14.2. The zero-order chi connectivity index (χ0) is 19.8. The monoisotopic (exact) mass is 405 g/mol. The number of fused-ring (bicyclic) bond motifs is 2. The van der Waals surface area contributed by atoms with Crippen LogP contribution in [0.15, 0.2) is 71.8 Å². The highest BCUT2D eigenvalue weighted by Crippen LogP contribution is 2.32. The summed E-state index contributed by atoms with van der Waals surface area (Å²) in [5, 5.41) is 5.04. The number of hydrogen-bond acceptors (Lipinski definition) is 4. The third kappa shape index (κ3) is 3.09. The van der Waals surface area contributed by atoms with Crippen molar-refractivity contribution in [3.05, 3.63) is 78.1 Å². The Labute approximate surface area is 171 Å². The first-order valence-electron chi connectivity index (χ1n) is 9.94. The molecule has 0 saturated carbocycles. The lowest BCUT2D eigenvalue weighted by atomic mass is 10.1. The fourth-order valence-corrected chi connectivity index (χ4v) is 5.78. The van der Waals surface area contributed by atoms with Gasteiger partial charge in [0.2, 0.25) is 0 Å². The van der Waals surface area contributed by atoms with Crippen molar-refractivity contribution in [2.75, 3.05) is 26.2 Å². The van der Waals surface area contributed by atoms with Crippen LogP contribution in [0, 0.1) is 0 Å². The van der Waals surface area contributed by atoms with Crippen molar-refractivity contribution >= 4 is 32.6 Å². The molecule has 0 unspecified atom stereocenters. The van der Waals surface area contributed by atoms with Crippen LogP contribution in [0.4, 0.5) is 0 Å². The van der Waals surface area contributed by atoms with E-state index >= 15 is 0 Å². The zero-order valence-corrected chi connectivity index (χ0v) is 16.9. The minimum Gasteiger partial charge on any atom is -0.369 e. The van der Waals surface area contributed by atoms with Crippen molar-refractivity contribution in [2.45, 2.75) is 11.3 Å². The highest BCUT2D eigenvalue weighted by atomic mass is 32.2. The molecule has 0 spiro atoms. The molecule has 0 amide bonds. The maximum atomic E-state index is 13.7. The van der Waals surface area contributed by atoms with Crippen molar-refractivity contribution in [3.63, 3.8) is 0 Å². The molecule has 2 heterocycles. The molecule has 29 heavy (non-hydrogen) atoms. The van der Waals surface area contributed by atoms with Crippen molar-refractivity contribution in [1.82, 2.24) is 14.2 Å². The fraction of sp³-hybridized carbons (Fsp3) is 0.217. The minimum atomic E-state index is -3.73. The molecule has 1 aliphatic carbocycles. The quantitative estimate of drug-likeness (QED) is 0.724. The van der Waals surface area contributed by atoms with Gasteiger partial charge in [0.25, 0.3) is 10.0 Å². The van der Waals surface area contributed by atoms with Gasteiger partial charge in [-0.3, -0.25) is 0 Å². The zero-order valence-electron chi connectivity index (χ0n) is 16.1. The molecule has 1 saturated heterocycles. The summed E-state index contributed by atoms with van der Waals surface area (Å²) >= 11 is 0. The maximum Gasteiger partial charge on any atom is 0.268 e. The lowest BCUT2D eigenvalue weighted by Crippen LogP contribution is -2.42. The van der Waals surface area contributed by atoms with E-state index in [1.54, 1.807) is 18.3 Å². The summed E-state index contributed by atoms with van der Waals surface area (Å²) < 4.78 is 28.8. The Morgan fingerprint density at radius 1 is 0.931 bits per heavy atom. The van der Waals surface area contributed by atoms with Crippen molar-refractivity contribution < 1.29 is 8.42 Å². The van der Waals surface area contributed by atoms with Crippen LogP contribution in [0.1, 0.15) is 17.7 Å². The van der Waals surface area contributed by atoms with Crippen LogP contribution in [0.5, 0.6) is 0 Å². The summed E-state index contributed by atoms with van der Waals surface area (Å²) in [6, 6.07) is 15.0. The average molecular weight is 406 g/mol. The predicted molar refractivity (Wildman–Crippen MR) is 117 cm³/mol. The normalized spacial score (nSPS) is 17.1. The fourth-order valence-electron chi connectivity index (χ4n) is 4.22. The van der Waals surface area contributed by atoms with Gasteiger partial charge in [-0.1, -0.05) is 48.6 Å². The van der Waals surface area contributed by atoms with Gasteiger partial charge in [-0.05, 0) is 30.0 Å². The van der Waals surface area contributed by atoms with Crippen LogP contribution in [0.3, 0.4) is 0 Å². The lowest BCUT2D eigenvalue weighted by molar-refractivity contribution is 0.340.